The van der Waals surface area contributed by atoms with Crippen LogP contribution in [0, 0.1) is 16.7 Å². The van der Waals surface area contributed by atoms with E-state index in [1.807, 2.05) is 0 Å². The molecular formula is C9H16N2O2. The summed E-state index contributed by atoms with van der Waals surface area (Å²) >= 11 is 0. The van der Waals surface area contributed by atoms with E-state index >= 15 is 0 Å². The Bertz CT molecular complexity index is 173. The van der Waals surface area contributed by atoms with Gasteiger partial charge in [0.25, 0.3) is 0 Å². The maximum atomic E-state index is 10.1. The smallest absolute Gasteiger partial charge is 0.207 e. The van der Waals surface area contributed by atoms with E-state index in [-0.39, 0.29) is 0 Å². The van der Waals surface area contributed by atoms with Crippen LogP contribution in [0.5, 0.6) is 0 Å². The Morgan fingerprint density at radius 3 is 2.85 bits per heavy atom. The van der Waals surface area contributed by atoms with Gasteiger partial charge in [0.2, 0.25) is 6.41 Å². The number of carbonyl (C=O) groups excluding carboxylic acids is 1. The van der Waals surface area contributed by atoms with Crippen molar-refractivity contribution in [3.63, 3.8) is 0 Å². The van der Waals surface area contributed by atoms with Gasteiger partial charge in [-0.3, -0.25) is 4.79 Å². The Morgan fingerprint density at radius 1 is 1.38 bits per heavy atom. The Labute approximate surface area is 78.1 Å². The van der Waals surface area contributed by atoms with Gasteiger partial charge in [0.05, 0.1) is 6.54 Å². The third-order valence-electron chi connectivity index (χ3n) is 2.71. The Morgan fingerprint density at radius 2 is 2.15 bits per heavy atom. The first kappa shape index (κ1) is 10.2. The molecule has 1 amide bonds. The van der Waals surface area contributed by atoms with Crippen molar-refractivity contribution in [2.24, 2.45) is 17.0 Å². The van der Waals surface area contributed by atoms with Gasteiger partial charge in [-0.05, 0) is 31.1 Å². The van der Waals surface area contributed by atoms with E-state index in [1.165, 1.54) is 0 Å². The summed E-state index contributed by atoms with van der Waals surface area (Å²) in [6, 6.07) is 0. The van der Waals surface area contributed by atoms with Gasteiger partial charge in [-0.15, -0.1) is 0 Å². The van der Waals surface area contributed by atoms with E-state index in [4.69, 9.17) is 0 Å². The molecule has 1 rings (SSSR count). The molecule has 0 heterocycles. The van der Waals surface area contributed by atoms with Crippen LogP contribution in [-0.2, 0) is 4.79 Å². The number of nitrogens with one attached hydrogen (secondary N) is 1. The molecule has 0 aromatic heterocycles. The highest BCUT2D eigenvalue weighted by Crippen LogP contribution is 2.28. The minimum atomic E-state index is 0.442. The first-order chi connectivity index (χ1) is 6.36. The monoisotopic (exact) mass is 184 g/mol. The van der Waals surface area contributed by atoms with E-state index in [9.17, 15) is 9.70 Å². The summed E-state index contributed by atoms with van der Waals surface area (Å²) in [7, 11) is 0. The molecule has 4 heteroatoms. The lowest BCUT2D eigenvalue weighted by Gasteiger charge is -2.27. The minimum Gasteiger partial charge on any atom is -0.358 e. The minimum absolute atomic E-state index is 0.442. The molecule has 0 aromatic rings. The SMILES string of the molecule is O=CNCC1CCCC(CN=O)C1. The van der Waals surface area contributed by atoms with Gasteiger partial charge < -0.3 is 5.32 Å². The molecule has 1 aliphatic rings. The van der Waals surface area contributed by atoms with Crippen LogP contribution in [0.1, 0.15) is 25.7 Å². The maximum absolute atomic E-state index is 10.1. The van der Waals surface area contributed by atoms with Crippen molar-refractivity contribution in [2.45, 2.75) is 25.7 Å². The summed E-state index contributed by atoms with van der Waals surface area (Å²) in [6.45, 7) is 1.19. The van der Waals surface area contributed by atoms with Gasteiger partial charge in [0.1, 0.15) is 0 Å². The number of carbonyl (C=O) groups is 1. The van der Waals surface area contributed by atoms with Crippen LogP contribution < -0.4 is 5.32 Å². The van der Waals surface area contributed by atoms with Crippen LogP contribution >= 0.6 is 0 Å². The number of rotatable bonds is 5. The third-order valence-corrected chi connectivity index (χ3v) is 2.71. The molecule has 0 aromatic carbocycles. The first-order valence-electron chi connectivity index (χ1n) is 4.83. The number of hydrogen-bond acceptors (Lipinski definition) is 3. The molecule has 0 saturated heterocycles. The zero-order valence-corrected chi connectivity index (χ0v) is 7.74. The Balaban J connectivity index is 2.23. The molecule has 2 atom stereocenters. The zero-order chi connectivity index (χ0) is 9.52. The van der Waals surface area contributed by atoms with Crippen molar-refractivity contribution >= 4 is 6.41 Å². The molecule has 13 heavy (non-hydrogen) atoms. The summed E-state index contributed by atoms with van der Waals surface area (Å²) in [5.74, 6) is 0.996. The summed E-state index contributed by atoms with van der Waals surface area (Å²) < 4.78 is 0. The fraction of sp³-hybridized carbons (Fsp3) is 0.889. The molecule has 4 nitrogen and oxygen atoms in total. The maximum Gasteiger partial charge on any atom is 0.207 e. The van der Waals surface area contributed by atoms with Crippen LogP contribution in [-0.4, -0.2) is 19.5 Å². The Kier molecular flexibility index (Phi) is 4.43. The Hall–Kier alpha value is -0.930. The fourth-order valence-electron chi connectivity index (χ4n) is 2.07. The molecule has 0 radical (unpaired) electrons. The molecule has 0 bridgehead atoms. The summed E-state index contributed by atoms with van der Waals surface area (Å²) in [5, 5.41) is 5.63. The van der Waals surface area contributed by atoms with Gasteiger partial charge in [-0.1, -0.05) is 11.6 Å². The average Bonchev–Trinajstić information content (AvgIpc) is 2.16. The highest BCUT2D eigenvalue weighted by Gasteiger charge is 2.21. The summed E-state index contributed by atoms with van der Waals surface area (Å²) in [5.41, 5.74) is 0. The lowest BCUT2D eigenvalue weighted by molar-refractivity contribution is -0.109. The second-order valence-corrected chi connectivity index (χ2v) is 3.74. The highest BCUT2D eigenvalue weighted by molar-refractivity contribution is 5.45. The quantitative estimate of drug-likeness (QED) is 0.517. The lowest BCUT2D eigenvalue weighted by Crippen LogP contribution is -2.27. The van der Waals surface area contributed by atoms with Crippen molar-refractivity contribution in [3.8, 4) is 0 Å². The average molecular weight is 184 g/mol. The lowest BCUT2D eigenvalue weighted by atomic mass is 9.81. The second-order valence-electron chi connectivity index (χ2n) is 3.74. The largest absolute Gasteiger partial charge is 0.358 e. The third kappa shape index (κ3) is 3.53. The van der Waals surface area contributed by atoms with E-state index in [0.717, 1.165) is 38.6 Å². The molecule has 1 aliphatic carbocycles. The van der Waals surface area contributed by atoms with E-state index in [2.05, 4.69) is 10.5 Å². The van der Waals surface area contributed by atoms with Crippen LogP contribution in [0.2, 0.25) is 0 Å². The topological polar surface area (TPSA) is 58.5 Å². The summed E-state index contributed by atoms with van der Waals surface area (Å²) in [6.07, 6.45) is 5.21. The van der Waals surface area contributed by atoms with Gasteiger partial charge in [-0.2, -0.15) is 4.91 Å². The number of hydrogen-bond donors (Lipinski definition) is 1. The predicted molar refractivity (Wildman–Crippen MR) is 50.2 cm³/mol. The van der Waals surface area contributed by atoms with Crippen LogP contribution in [0.15, 0.2) is 5.18 Å². The number of amides is 1. The van der Waals surface area contributed by atoms with Crippen LogP contribution in [0.25, 0.3) is 0 Å². The molecular weight excluding hydrogens is 168 g/mol. The molecule has 1 fully saturated rings. The molecule has 1 N–H and O–H groups in total. The van der Waals surface area contributed by atoms with Gasteiger partial charge in [-0.25, -0.2) is 0 Å². The molecule has 1 saturated carbocycles. The van der Waals surface area contributed by atoms with E-state index in [0.29, 0.717) is 18.4 Å². The van der Waals surface area contributed by atoms with Crippen LogP contribution in [0.4, 0.5) is 0 Å². The molecule has 0 aliphatic heterocycles. The molecule has 2 unspecified atom stereocenters. The summed E-state index contributed by atoms with van der Waals surface area (Å²) in [4.78, 5) is 20.1. The van der Waals surface area contributed by atoms with Gasteiger partial charge in [0, 0.05) is 6.54 Å². The zero-order valence-electron chi connectivity index (χ0n) is 7.74. The van der Waals surface area contributed by atoms with E-state index in [1.54, 1.807) is 0 Å². The first-order valence-corrected chi connectivity index (χ1v) is 4.83. The van der Waals surface area contributed by atoms with Crippen molar-refractivity contribution in [1.29, 1.82) is 0 Å². The van der Waals surface area contributed by atoms with E-state index < -0.39 is 0 Å². The van der Waals surface area contributed by atoms with Crippen molar-refractivity contribution < 1.29 is 4.79 Å². The van der Waals surface area contributed by atoms with Crippen molar-refractivity contribution in [3.05, 3.63) is 4.91 Å². The molecule has 0 spiro atoms. The normalized spacial score (nSPS) is 28.0. The van der Waals surface area contributed by atoms with Gasteiger partial charge in [0.15, 0.2) is 0 Å². The number of nitrogens with zero attached hydrogens (tertiary/aromatic N) is 1. The highest BCUT2D eigenvalue weighted by atomic mass is 16.3. The second kappa shape index (κ2) is 5.67. The number of nitroso groups, excluding NO2 is 1. The van der Waals surface area contributed by atoms with Crippen LogP contribution in [0.3, 0.4) is 0 Å². The van der Waals surface area contributed by atoms with Gasteiger partial charge >= 0.3 is 0 Å². The standard InChI is InChI=1S/C9H16N2O2/c12-7-10-5-8-2-1-3-9(4-8)6-11-13/h7-9H,1-6H2,(H,10,12). The predicted octanol–water partition coefficient (Wildman–Crippen LogP) is 1.31. The molecule has 74 valence electrons. The van der Waals surface area contributed by atoms with Crippen molar-refractivity contribution in [1.82, 2.24) is 5.32 Å². The fourth-order valence-corrected chi connectivity index (χ4v) is 2.07. The van der Waals surface area contributed by atoms with Crippen molar-refractivity contribution in [2.75, 3.05) is 13.1 Å².